The lowest BCUT2D eigenvalue weighted by molar-refractivity contribution is 0.277. The molecule has 0 radical (unpaired) electrons. The van der Waals surface area contributed by atoms with E-state index in [0.717, 1.165) is 5.82 Å². The summed E-state index contributed by atoms with van der Waals surface area (Å²) in [6.07, 6.45) is 0. The molecule has 1 aromatic heterocycles. The largest absolute Gasteiger partial charge is 0.390 e. The fourth-order valence-electron chi connectivity index (χ4n) is 1.17. The van der Waals surface area contributed by atoms with E-state index in [-0.39, 0.29) is 6.61 Å². The number of aromatic nitrogens is 2. The summed E-state index contributed by atoms with van der Waals surface area (Å²) in [7, 11) is 1.85. The molecule has 1 heterocycles. The third-order valence-electron chi connectivity index (χ3n) is 1.79. The summed E-state index contributed by atoms with van der Waals surface area (Å²) in [6, 6.07) is 0. The number of rotatable bonds is 2. The molecule has 0 atom stereocenters. The van der Waals surface area contributed by atoms with Crippen LogP contribution in [0.1, 0.15) is 31.3 Å². The van der Waals surface area contributed by atoms with E-state index >= 15 is 0 Å². The molecule has 1 N–H and O–H groups in total. The molecule has 0 amide bonds. The van der Waals surface area contributed by atoms with E-state index in [4.69, 9.17) is 16.7 Å². The second-order valence-electron chi connectivity index (χ2n) is 3.08. The highest BCUT2D eigenvalue weighted by Gasteiger charge is 2.13. The monoisotopic (exact) mass is 188 g/mol. The van der Waals surface area contributed by atoms with Crippen molar-refractivity contribution in [3.63, 3.8) is 0 Å². The molecule has 0 fully saturated rings. The fourth-order valence-corrected chi connectivity index (χ4v) is 1.36. The van der Waals surface area contributed by atoms with Gasteiger partial charge in [0.15, 0.2) is 0 Å². The maximum absolute atomic E-state index is 8.88. The van der Waals surface area contributed by atoms with Crippen molar-refractivity contribution in [3.8, 4) is 0 Å². The van der Waals surface area contributed by atoms with Crippen molar-refractivity contribution >= 4 is 11.6 Å². The van der Waals surface area contributed by atoms with Gasteiger partial charge in [-0.2, -0.15) is 0 Å². The zero-order chi connectivity index (χ0) is 9.30. The Morgan fingerprint density at radius 2 is 2.17 bits per heavy atom. The fraction of sp³-hybridized carbons (Fsp3) is 0.625. The zero-order valence-corrected chi connectivity index (χ0v) is 8.26. The first-order valence-corrected chi connectivity index (χ1v) is 4.27. The van der Waals surface area contributed by atoms with Gasteiger partial charge < -0.3 is 9.67 Å². The molecule has 0 saturated carbocycles. The Kier molecular flexibility index (Phi) is 2.75. The van der Waals surface area contributed by atoms with Crippen LogP contribution in [0, 0.1) is 0 Å². The summed E-state index contributed by atoms with van der Waals surface area (Å²) in [4.78, 5) is 4.21. The molecular formula is C8H13ClN2O. The summed E-state index contributed by atoms with van der Waals surface area (Å²) >= 11 is 5.90. The van der Waals surface area contributed by atoms with Crippen LogP contribution in [0.2, 0.25) is 5.15 Å². The number of aliphatic hydroxyl groups is 1. The van der Waals surface area contributed by atoms with Gasteiger partial charge >= 0.3 is 0 Å². The Bertz CT molecular complexity index is 281. The second kappa shape index (κ2) is 3.46. The van der Waals surface area contributed by atoms with Crippen molar-refractivity contribution < 1.29 is 5.11 Å². The minimum Gasteiger partial charge on any atom is -0.390 e. The molecule has 0 bridgehead atoms. The summed E-state index contributed by atoms with van der Waals surface area (Å²) < 4.78 is 1.80. The summed E-state index contributed by atoms with van der Waals surface area (Å²) in [6.45, 7) is 3.99. The van der Waals surface area contributed by atoms with Crippen molar-refractivity contribution in [2.75, 3.05) is 0 Å². The molecule has 0 unspecified atom stereocenters. The van der Waals surface area contributed by atoms with Crippen LogP contribution < -0.4 is 0 Å². The highest BCUT2D eigenvalue weighted by molar-refractivity contribution is 6.30. The van der Waals surface area contributed by atoms with Gasteiger partial charge in [0, 0.05) is 13.0 Å². The van der Waals surface area contributed by atoms with Gasteiger partial charge in [-0.05, 0) is 0 Å². The Balaban J connectivity index is 3.16. The van der Waals surface area contributed by atoms with Gasteiger partial charge in [-0.3, -0.25) is 0 Å². The minimum atomic E-state index is -0.0978. The average Bonchev–Trinajstić information content (AvgIpc) is 2.30. The zero-order valence-electron chi connectivity index (χ0n) is 7.50. The molecule has 12 heavy (non-hydrogen) atoms. The third kappa shape index (κ3) is 1.47. The van der Waals surface area contributed by atoms with Gasteiger partial charge in [0.1, 0.15) is 16.7 Å². The predicted molar refractivity (Wildman–Crippen MR) is 48.2 cm³/mol. The summed E-state index contributed by atoms with van der Waals surface area (Å²) in [5, 5.41) is 9.41. The van der Waals surface area contributed by atoms with E-state index in [1.807, 2.05) is 20.9 Å². The lowest BCUT2D eigenvalue weighted by atomic mass is 10.2. The number of nitrogens with zero attached hydrogens (tertiary/aromatic N) is 2. The van der Waals surface area contributed by atoms with Crippen LogP contribution >= 0.6 is 11.6 Å². The van der Waals surface area contributed by atoms with E-state index in [1.54, 1.807) is 4.57 Å². The molecular weight excluding hydrogens is 176 g/mol. The average molecular weight is 189 g/mol. The van der Waals surface area contributed by atoms with Crippen LogP contribution in [0.25, 0.3) is 0 Å². The first kappa shape index (κ1) is 9.55. The van der Waals surface area contributed by atoms with Crippen LogP contribution in [0.5, 0.6) is 0 Å². The topological polar surface area (TPSA) is 38.1 Å². The van der Waals surface area contributed by atoms with Gasteiger partial charge in [0.2, 0.25) is 0 Å². The van der Waals surface area contributed by atoms with Crippen molar-refractivity contribution in [2.45, 2.75) is 26.4 Å². The highest BCUT2D eigenvalue weighted by atomic mass is 35.5. The van der Waals surface area contributed by atoms with Crippen LogP contribution in [0.3, 0.4) is 0 Å². The number of halogens is 1. The summed E-state index contributed by atoms with van der Waals surface area (Å²) in [5.74, 6) is 1.23. The van der Waals surface area contributed by atoms with Crippen molar-refractivity contribution in [2.24, 2.45) is 7.05 Å². The smallest absolute Gasteiger partial charge is 0.134 e. The first-order chi connectivity index (χ1) is 5.57. The molecule has 3 nitrogen and oxygen atoms in total. The van der Waals surface area contributed by atoms with Crippen LogP contribution in [0.4, 0.5) is 0 Å². The van der Waals surface area contributed by atoms with E-state index in [0.29, 0.717) is 16.8 Å². The van der Waals surface area contributed by atoms with Crippen LogP contribution in [0.15, 0.2) is 0 Å². The van der Waals surface area contributed by atoms with Crippen molar-refractivity contribution in [1.29, 1.82) is 0 Å². The maximum atomic E-state index is 8.88. The molecule has 0 aliphatic rings. The van der Waals surface area contributed by atoms with E-state index in [2.05, 4.69) is 4.98 Å². The number of hydrogen-bond acceptors (Lipinski definition) is 2. The Hall–Kier alpha value is -0.540. The van der Waals surface area contributed by atoms with Gasteiger partial charge in [0.05, 0.1) is 6.61 Å². The highest BCUT2D eigenvalue weighted by Crippen LogP contribution is 2.21. The molecule has 0 saturated heterocycles. The predicted octanol–water partition coefficient (Wildman–Crippen LogP) is 1.69. The molecule has 1 aromatic rings. The molecule has 4 heteroatoms. The standard InChI is InChI=1S/C8H13ClN2O/c1-5(2)8-10-6(4-12)7(9)11(8)3/h5,12H,4H2,1-3H3. The molecule has 68 valence electrons. The lowest BCUT2D eigenvalue weighted by Crippen LogP contribution is -1.99. The number of aliphatic hydroxyl groups excluding tert-OH is 1. The van der Waals surface area contributed by atoms with Crippen molar-refractivity contribution in [3.05, 3.63) is 16.7 Å². The van der Waals surface area contributed by atoms with Gasteiger partial charge in [0.25, 0.3) is 0 Å². The maximum Gasteiger partial charge on any atom is 0.134 e. The second-order valence-corrected chi connectivity index (χ2v) is 3.44. The normalized spacial score (nSPS) is 11.2. The summed E-state index contributed by atoms with van der Waals surface area (Å²) in [5.41, 5.74) is 0.558. The van der Waals surface area contributed by atoms with E-state index < -0.39 is 0 Å². The third-order valence-corrected chi connectivity index (χ3v) is 2.26. The van der Waals surface area contributed by atoms with E-state index in [1.165, 1.54) is 0 Å². The first-order valence-electron chi connectivity index (χ1n) is 3.89. The molecule has 0 spiro atoms. The van der Waals surface area contributed by atoms with Gasteiger partial charge in [-0.1, -0.05) is 25.4 Å². The quantitative estimate of drug-likeness (QED) is 0.767. The molecule has 0 aliphatic carbocycles. The van der Waals surface area contributed by atoms with Gasteiger partial charge in [-0.15, -0.1) is 0 Å². The number of hydrogen-bond donors (Lipinski definition) is 1. The van der Waals surface area contributed by atoms with Crippen LogP contribution in [-0.4, -0.2) is 14.7 Å². The van der Waals surface area contributed by atoms with Crippen LogP contribution in [-0.2, 0) is 13.7 Å². The Morgan fingerprint density at radius 1 is 1.58 bits per heavy atom. The number of imidazole rings is 1. The molecule has 1 rings (SSSR count). The SMILES string of the molecule is CC(C)c1nc(CO)c(Cl)n1C. The minimum absolute atomic E-state index is 0.0978. The molecule has 0 aliphatic heterocycles. The Labute approximate surface area is 77.0 Å². The molecule has 0 aromatic carbocycles. The van der Waals surface area contributed by atoms with E-state index in [9.17, 15) is 0 Å². The van der Waals surface area contributed by atoms with Crippen molar-refractivity contribution in [1.82, 2.24) is 9.55 Å². The van der Waals surface area contributed by atoms with Gasteiger partial charge in [-0.25, -0.2) is 4.98 Å². The Morgan fingerprint density at radius 3 is 2.42 bits per heavy atom. The lowest BCUT2D eigenvalue weighted by Gasteiger charge is -2.03.